The van der Waals surface area contributed by atoms with E-state index in [1.807, 2.05) is 30.3 Å². The molecule has 4 aromatic rings. The van der Waals surface area contributed by atoms with E-state index >= 15 is 0 Å². The van der Waals surface area contributed by atoms with Crippen molar-refractivity contribution in [2.75, 3.05) is 30.3 Å². The average molecular weight is 489 g/mol. The van der Waals surface area contributed by atoms with Crippen LogP contribution in [0.5, 0.6) is 0 Å². The lowest BCUT2D eigenvalue weighted by Gasteiger charge is -2.32. The molecule has 1 saturated heterocycles. The fourth-order valence-corrected chi connectivity index (χ4v) is 5.45. The lowest BCUT2D eigenvalue weighted by Crippen LogP contribution is -2.26. The van der Waals surface area contributed by atoms with Gasteiger partial charge in [0.25, 0.3) is 11.5 Å². The molecule has 0 atom stereocenters. The minimum atomic E-state index is -0.559. The Morgan fingerprint density at radius 1 is 1.00 bits per heavy atom. The van der Waals surface area contributed by atoms with Crippen LogP contribution in [0.1, 0.15) is 34.5 Å². The highest BCUT2D eigenvalue weighted by molar-refractivity contribution is 7.20. The molecule has 0 bridgehead atoms. The van der Waals surface area contributed by atoms with Gasteiger partial charge in [0.05, 0.1) is 16.1 Å². The molecule has 1 amide bonds. The Morgan fingerprint density at radius 3 is 2.46 bits per heavy atom. The molecule has 0 spiro atoms. The summed E-state index contributed by atoms with van der Waals surface area (Å²) < 4.78 is 1.51. The van der Waals surface area contributed by atoms with Crippen LogP contribution in [0, 0.1) is 0 Å². The van der Waals surface area contributed by atoms with Crippen LogP contribution in [0.25, 0.3) is 16.0 Å². The molecule has 5 N–H and O–H groups in total. The minimum absolute atomic E-state index is 0.113. The third-order valence-corrected chi connectivity index (χ3v) is 7.32. The molecular weight excluding hydrogens is 460 g/mol. The van der Waals surface area contributed by atoms with Gasteiger partial charge in [0, 0.05) is 17.9 Å². The number of hydrogen-bond acceptors (Lipinski definition) is 7. The number of benzene rings is 2. The summed E-state index contributed by atoms with van der Waals surface area (Å²) in [5.74, 6) is -0.672. The molecule has 180 valence electrons. The number of aryl methyl sites for hydroxylation is 1. The summed E-state index contributed by atoms with van der Waals surface area (Å²) in [6.07, 6.45) is 4.81. The number of carbonyl (C=O) groups is 1. The molecule has 2 aromatic heterocycles. The summed E-state index contributed by atoms with van der Waals surface area (Å²) in [5, 5.41) is 3.22. The maximum atomic E-state index is 12.9. The Morgan fingerprint density at radius 2 is 1.77 bits per heavy atom. The third kappa shape index (κ3) is 4.65. The molecule has 2 aliphatic heterocycles. The molecule has 4 heterocycles. The number of nitrogens with two attached hydrogens (primary N) is 2. The van der Waals surface area contributed by atoms with Gasteiger partial charge in [-0.15, -0.1) is 11.3 Å². The van der Waals surface area contributed by atoms with Crippen molar-refractivity contribution in [1.29, 1.82) is 0 Å². The molecule has 0 radical (unpaired) electrons. The number of primary amides is 1. The smallest absolute Gasteiger partial charge is 0.298 e. The number of nitrogen functional groups attached to an aromatic ring is 1. The van der Waals surface area contributed by atoms with Crippen molar-refractivity contribution in [3.8, 4) is 5.69 Å². The summed E-state index contributed by atoms with van der Waals surface area (Å²) >= 11 is 1.13. The highest BCUT2D eigenvalue weighted by Gasteiger charge is 2.21. The van der Waals surface area contributed by atoms with Gasteiger partial charge in [-0.05, 0) is 74.7 Å². The van der Waals surface area contributed by atoms with Crippen LogP contribution >= 0.6 is 11.3 Å². The quantitative estimate of drug-likeness (QED) is 0.406. The fraction of sp³-hybridized carbons (Fsp3) is 0.269. The van der Waals surface area contributed by atoms with Crippen molar-refractivity contribution in [3.05, 3.63) is 75.4 Å². The van der Waals surface area contributed by atoms with E-state index < -0.39 is 11.5 Å². The van der Waals surface area contributed by atoms with Gasteiger partial charge in [-0.25, -0.2) is 4.98 Å². The van der Waals surface area contributed by atoms with E-state index in [0.717, 1.165) is 42.1 Å². The number of rotatable bonds is 3. The molecule has 6 rings (SSSR count). The van der Waals surface area contributed by atoms with Crippen LogP contribution in [-0.4, -0.2) is 35.1 Å². The number of anilines is 3. The van der Waals surface area contributed by atoms with Crippen LogP contribution in [0.15, 0.2) is 59.4 Å². The summed E-state index contributed by atoms with van der Waals surface area (Å²) in [7, 11) is 0. The highest BCUT2D eigenvalue weighted by atomic mass is 32.1. The number of amides is 1. The van der Waals surface area contributed by atoms with Gasteiger partial charge in [0.2, 0.25) is 0 Å². The van der Waals surface area contributed by atoms with Gasteiger partial charge in [0.1, 0.15) is 4.83 Å². The Bertz CT molecular complexity index is 1420. The molecule has 0 saturated carbocycles. The van der Waals surface area contributed by atoms with E-state index in [2.05, 4.69) is 33.4 Å². The van der Waals surface area contributed by atoms with Crippen LogP contribution < -0.4 is 27.2 Å². The predicted molar refractivity (Wildman–Crippen MR) is 142 cm³/mol. The lowest BCUT2D eigenvalue weighted by atomic mass is 10.00. The first-order valence-corrected chi connectivity index (χ1v) is 12.6. The zero-order valence-corrected chi connectivity index (χ0v) is 20.2. The number of aromatic nitrogens is 2. The summed E-state index contributed by atoms with van der Waals surface area (Å²) in [6, 6.07) is 17.7. The highest BCUT2D eigenvalue weighted by Crippen LogP contribution is 2.35. The molecule has 1 fully saturated rings. The summed E-state index contributed by atoms with van der Waals surface area (Å²) in [5.41, 5.74) is 15.5. The second kappa shape index (κ2) is 9.89. The number of thiophene rings is 1. The van der Waals surface area contributed by atoms with Crippen LogP contribution in [0.4, 0.5) is 17.2 Å². The number of hydrogen-bond donors (Lipinski definition) is 3. The first-order valence-electron chi connectivity index (χ1n) is 11.8. The Labute approximate surface area is 207 Å². The second-order valence-corrected chi connectivity index (χ2v) is 9.69. The monoisotopic (exact) mass is 488 g/mol. The molecule has 9 heteroatoms. The molecule has 2 aliphatic rings. The molecule has 0 aliphatic carbocycles. The van der Waals surface area contributed by atoms with Crippen molar-refractivity contribution in [2.24, 2.45) is 5.73 Å². The molecule has 8 nitrogen and oxygen atoms in total. The third-order valence-electron chi connectivity index (χ3n) is 6.29. The molecule has 0 unspecified atom stereocenters. The normalized spacial score (nSPS) is 14.9. The zero-order chi connectivity index (χ0) is 24.4. The molecular formula is C26H28N6O2S. The maximum Gasteiger partial charge on any atom is 0.298 e. The second-order valence-electron chi connectivity index (χ2n) is 8.66. The standard InChI is InChI=1S/C22H19N5O2S.C4H9N/c23-19-22(29)27(17-12-18(20(24)28)30-21(17)25-19)15-9-8-13-5-4-10-26(16(13)11-15)14-6-2-1-3-7-14;1-2-4-5-3-1/h1-3,6-9,11-12H,4-5,10H2,(H2,23,25)(H2,24,28);5H,1-4H2. The van der Waals surface area contributed by atoms with Crippen molar-refractivity contribution >= 4 is 44.8 Å². The fourth-order valence-electron chi connectivity index (χ4n) is 4.57. The van der Waals surface area contributed by atoms with Gasteiger partial charge in [0.15, 0.2) is 5.82 Å². The molecule has 2 aromatic carbocycles. The Balaban J connectivity index is 0.000000453. The van der Waals surface area contributed by atoms with Gasteiger partial charge in [-0.3, -0.25) is 14.2 Å². The summed E-state index contributed by atoms with van der Waals surface area (Å²) in [6.45, 7) is 3.40. The van der Waals surface area contributed by atoms with Gasteiger partial charge in [-0.2, -0.15) is 0 Å². The Hall–Kier alpha value is -3.69. The van der Waals surface area contributed by atoms with E-state index in [-0.39, 0.29) is 5.82 Å². The van der Waals surface area contributed by atoms with E-state index in [4.69, 9.17) is 11.5 Å². The number of para-hydroxylation sites is 1. The van der Waals surface area contributed by atoms with Crippen molar-refractivity contribution < 1.29 is 4.79 Å². The van der Waals surface area contributed by atoms with E-state index in [0.29, 0.717) is 20.9 Å². The SMILES string of the molecule is C1CCNC1.NC(=O)c1cc2c(nc(N)c(=O)n2-c2ccc3c(c2)N(c2ccccc2)CCC3)s1. The maximum absolute atomic E-state index is 12.9. The largest absolute Gasteiger partial charge is 0.379 e. The van der Waals surface area contributed by atoms with E-state index in [9.17, 15) is 9.59 Å². The van der Waals surface area contributed by atoms with Crippen LogP contribution in [0.3, 0.4) is 0 Å². The Kier molecular flexibility index (Phi) is 6.52. The lowest BCUT2D eigenvalue weighted by molar-refractivity contribution is 0.100. The number of nitrogens with zero attached hydrogens (tertiary/aromatic N) is 3. The first kappa shape index (κ1) is 23.1. The minimum Gasteiger partial charge on any atom is -0.379 e. The van der Waals surface area contributed by atoms with Gasteiger partial charge in [-0.1, -0.05) is 24.3 Å². The van der Waals surface area contributed by atoms with Crippen LogP contribution in [-0.2, 0) is 6.42 Å². The van der Waals surface area contributed by atoms with Crippen molar-refractivity contribution in [1.82, 2.24) is 14.9 Å². The average Bonchev–Trinajstić information content (AvgIpc) is 3.59. The van der Waals surface area contributed by atoms with Gasteiger partial charge >= 0.3 is 0 Å². The van der Waals surface area contributed by atoms with E-state index in [1.165, 1.54) is 36.1 Å². The zero-order valence-electron chi connectivity index (χ0n) is 19.4. The number of fused-ring (bicyclic) bond motifs is 2. The van der Waals surface area contributed by atoms with E-state index in [1.54, 1.807) is 6.07 Å². The predicted octanol–water partition coefficient (Wildman–Crippen LogP) is 3.58. The number of nitrogens with one attached hydrogen (secondary N) is 1. The van der Waals surface area contributed by atoms with Gasteiger partial charge < -0.3 is 21.7 Å². The number of carbonyl (C=O) groups excluding carboxylic acids is 1. The first-order chi connectivity index (χ1) is 17.0. The molecule has 35 heavy (non-hydrogen) atoms. The van der Waals surface area contributed by atoms with Crippen molar-refractivity contribution in [3.63, 3.8) is 0 Å². The van der Waals surface area contributed by atoms with Crippen LogP contribution in [0.2, 0.25) is 0 Å². The summed E-state index contributed by atoms with van der Waals surface area (Å²) in [4.78, 5) is 31.8. The topological polar surface area (TPSA) is 119 Å². The van der Waals surface area contributed by atoms with Crippen molar-refractivity contribution in [2.45, 2.75) is 25.7 Å².